The zero-order chi connectivity index (χ0) is 18.5. The predicted molar refractivity (Wildman–Crippen MR) is 105 cm³/mol. The lowest BCUT2D eigenvalue weighted by Crippen LogP contribution is -2.30. The molecule has 0 saturated heterocycles. The van der Waals surface area contributed by atoms with Gasteiger partial charge >= 0.3 is 0 Å². The van der Waals surface area contributed by atoms with Crippen LogP contribution in [0.2, 0.25) is 5.02 Å². The van der Waals surface area contributed by atoms with Gasteiger partial charge in [0.25, 0.3) is 0 Å². The normalized spacial score (nSPS) is 12.0. The molecule has 134 valence electrons. The summed E-state index contributed by atoms with van der Waals surface area (Å²) in [4.78, 5) is 12.4. The Morgan fingerprint density at radius 2 is 1.85 bits per heavy atom. The molecule has 2 aromatic carbocycles. The molecule has 1 N–H and O–H groups in total. The minimum Gasteiger partial charge on any atom is -0.351 e. The van der Waals surface area contributed by atoms with Crippen LogP contribution < -0.4 is 5.32 Å². The van der Waals surface area contributed by atoms with Crippen LogP contribution in [0.3, 0.4) is 0 Å². The molecule has 7 heteroatoms. The van der Waals surface area contributed by atoms with E-state index in [4.69, 9.17) is 11.6 Å². The van der Waals surface area contributed by atoms with E-state index in [1.807, 2.05) is 73.1 Å². The first-order valence-corrected chi connectivity index (χ1v) is 9.44. The van der Waals surface area contributed by atoms with Gasteiger partial charge in [-0.15, -0.1) is 10.2 Å². The first-order valence-electron chi connectivity index (χ1n) is 8.19. The average Bonchev–Trinajstić information content (AvgIpc) is 3.01. The van der Waals surface area contributed by atoms with Gasteiger partial charge in [0.2, 0.25) is 5.91 Å². The minimum atomic E-state index is -0.291. The quantitative estimate of drug-likeness (QED) is 0.652. The zero-order valence-electron chi connectivity index (χ0n) is 14.5. The second kappa shape index (κ2) is 8.38. The second-order valence-electron chi connectivity index (χ2n) is 5.81. The van der Waals surface area contributed by atoms with Crippen LogP contribution in [-0.4, -0.2) is 25.9 Å². The first-order chi connectivity index (χ1) is 12.6. The van der Waals surface area contributed by atoms with Crippen molar-refractivity contribution in [1.82, 2.24) is 20.1 Å². The van der Waals surface area contributed by atoms with Gasteiger partial charge in [0.15, 0.2) is 11.0 Å². The van der Waals surface area contributed by atoms with Crippen LogP contribution in [0.4, 0.5) is 0 Å². The molecule has 0 fully saturated rings. The average molecular weight is 387 g/mol. The van der Waals surface area contributed by atoms with E-state index in [2.05, 4.69) is 15.5 Å². The third-order valence-electron chi connectivity index (χ3n) is 3.91. The van der Waals surface area contributed by atoms with E-state index < -0.39 is 0 Å². The van der Waals surface area contributed by atoms with Gasteiger partial charge in [-0.2, -0.15) is 0 Å². The van der Waals surface area contributed by atoms with Gasteiger partial charge in [-0.1, -0.05) is 65.8 Å². The van der Waals surface area contributed by atoms with E-state index in [0.717, 1.165) is 11.1 Å². The Kier molecular flexibility index (Phi) is 5.96. The maximum atomic E-state index is 12.4. The summed E-state index contributed by atoms with van der Waals surface area (Å²) in [5, 5.41) is 12.4. The third kappa shape index (κ3) is 4.26. The summed E-state index contributed by atoms with van der Waals surface area (Å²) in [7, 11) is 1.87. The van der Waals surface area contributed by atoms with E-state index in [-0.39, 0.29) is 11.2 Å². The summed E-state index contributed by atoms with van der Waals surface area (Å²) in [6, 6.07) is 17.3. The summed E-state index contributed by atoms with van der Waals surface area (Å²) in [5.41, 5.74) is 1.88. The fraction of sp³-hybridized carbons (Fsp3) is 0.211. The lowest BCUT2D eigenvalue weighted by Gasteiger charge is -2.12. The monoisotopic (exact) mass is 386 g/mol. The number of aromatic nitrogens is 3. The molecule has 3 rings (SSSR count). The fourth-order valence-corrected chi connectivity index (χ4v) is 3.49. The number of nitrogens with one attached hydrogen (secondary N) is 1. The van der Waals surface area contributed by atoms with Crippen molar-refractivity contribution in [3.63, 3.8) is 0 Å². The highest BCUT2D eigenvalue weighted by Gasteiger charge is 2.19. The molecule has 1 amide bonds. The Morgan fingerprint density at radius 3 is 2.58 bits per heavy atom. The fourth-order valence-electron chi connectivity index (χ4n) is 2.44. The van der Waals surface area contributed by atoms with Gasteiger partial charge < -0.3 is 9.88 Å². The van der Waals surface area contributed by atoms with E-state index in [0.29, 0.717) is 22.5 Å². The van der Waals surface area contributed by atoms with Crippen molar-refractivity contribution in [1.29, 1.82) is 0 Å². The molecule has 0 saturated carbocycles. The molecule has 1 atom stereocenters. The van der Waals surface area contributed by atoms with E-state index in [9.17, 15) is 4.79 Å². The van der Waals surface area contributed by atoms with Crippen molar-refractivity contribution >= 4 is 29.3 Å². The summed E-state index contributed by atoms with van der Waals surface area (Å²) >= 11 is 7.61. The Balaban J connectivity index is 1.65. The molecule has 0 spiro atoms. The molecule has 5 nitrogen and oxygen atoms in total. The number of carbonyl (C=O) groups is 1. The summed E-state index contributed by atoms with van der Waals surface area (Å²) in [5.74, 6) is 0.635. The number of carbonyl (C=O) groups excluding carboxylic acids is 1. The number of halogens is 1. The Bertz CT molecular complexity index is 898. The van der Waals surface area contributed by atoms with Crippen molar-refractivity contribution in [2.24, 2.45) is 7.05 Å². The van der Waals surface area contributed by atoms with Crippen molar-refractivity contribution in [3.8, 4) is 11.4 Å². The van der Waals surface area contributed by atoms with Gasteiger partial charge in [0, 0.05) is 19.2 Å². The topological polar surface area (TPSA) is 59.8 Å². The Morgan fingerprint density at radius 1 is 1.15 bits per heavy atom. The molecule has 0 bridgehead atoms. The molecule has 26 heavy (non-hydrogen) atoms. The van der Waals surface area contributed by atoms with E-state index in [1.54, 1.807) is 0 Å². The number of amides is 1. The third-order valence-corrected chi connectivity index (χ3v) is 5.37. The molecule has 1 heterocycles. The lowest BCUT2D eigenvalue weighted by atomic mass is 10.2. The van der Waals surface area contributed by atoms with Crippen LogP contribution in [0.5, 0.6) is 0 Å². The maximum absolute atomic E-state index is 12.4. The number of thioether (sulfide) groups is 1. The molecule has 0 radical (unpaired) electrons. The molecule has 0 aliphatic rings. The minimum absolute atomic E-state index is 0.0406. The number of nitrogens with zero attached hydrogens (tertiary/aromatic N) is 3. The highest BCUT2D eigenvalue weighted by Crippen LogP contribution is 2.29. The molecule has 1 unspecified atom stereocenters. The molecule has 0 aliphatic carbocycles. The van der Waals surface area contributed by atoms with Crippen molar-refractivity contribution in [3.05, 3.63) is 65.2 Å². The number of hydrogen-bond donors (Lipinski definition) is 1. The van der Waals surface area contributed by atoms with Crippen LogP contribution in [0, 0.1) is 0 Å². The summed E-state index contributed by atoms with van der Waals surface area (Å²) in [6.07, 6.45) is 0. The SMILES string of the molecule is CC(Sc1nnc(-c2ccccc2Cl)n1C)C(=O)NCc1ccccc1. The zero-order valence-corrected chi connectivity index (χ0v) is 16.1. The van der Waals surface area contributed by atoms with Crippen molar-refractivity contribution < 1.29 is 4.79 Å². The van der Waals surface area contributed by atoms with Gasteiger partial charge in [0.1, 0.15) is 0 Å². The second-order valence-corrected chi connectivity index (χ2v) is 7.52. The predicted octanol–water partition coefficient (Wildman–Crippen LogP) is 3.93. The molecular weight excluding hydrogens is 368 g/mol. The number of hydrogen-bond acceptors (Lipinski definition) is 4. The highest BCUT2D eigenvalue weighted by atomic mass is 35.5. The van der Waals surface area contributed by atoms with Crippen LogP contribution in [0.15, 0.2) is 59.8 Å². The van der Waals surface area contributed by atoms with E-state index in [1.165, 1.54) is 11.8 Å². The summed E-state index contributed by atoms with van der Waals surface area (Å²) in [6.45, 7) is 2.36. The standard InChI is InChI=1S/C19H19ClN4OS/c1-13(18(25)21-12-14-8-4-3-5-9-14)26-19-23-22-17(24(19)2)15-10-6-7-11-16(15)20/h3-11,13H,12H2,1-2H3,(H,21,25). The Hall–Kier alpha value is -2.31. The largest absolute Gasteiger partial charge is 0.351 e. The lowest BCUT2D eigenvalue weighted by molar-refractivity contribution is -0.120. The van der Waals surface area contributed by atoms with Crippen LogP contribution in [0.1, 0.15) is 12.5 Å². The smallest absolute Gasteiger partial charge is 0.233 e. The summed E-state index contributed by atoms with van der Waals surface area (Å²) < 4.78 is 1.85. The van der Waals surface area contributed by atoms with Crippen LogP contribution in [-0.2, 0) is 18.4 Å². The first kappa shape index (κ1) is 18.5. The molecular formula is C19H19ClN4OS. The van der Waals surface area contributed by atoms with E-state index >= 15 is 0 Å². The highest BCUT2D eigenvalue weighted by molar-refractivity contribution is 8.00. The van der Waals surface area contributed by atoms with Crippen molar-refractivity contribution in [2.75, 3.05) is 0 Å². The van der Waals surface area contributed by atoms with Gasteiger partial charge in [-0.3, -0.25) is 4.79 Å². The van der Waals surface area contributed by atoms with Gasteiger partial charge in [-0.25, -0.2) is 0 Å². The maximum Gasteiger partial charge on any atom is 0.233 e. The molecule has 3 aromatic rings. The molecule has 0 aliphatic heterocycles. The van der Waals surface area contributed by atoms with Gasteiger partial charge in [-0.05, 0) is 24.6 Å². The molecule has 1 aromatic heterocycles. The number of benzene rings is 2. The van der Waals surface area contributed by atoms with Gasteiger partial charge in [0.05, 0.1) is 10.3 Å². The van der Waals surface area contributed by atoms with Crippen molar-refractivity contribution in [2.45, 2.75) is 23.9 Å². The number of rotatable bonds is 6. The Labute approximate surface area is 161 Å². The van der Waals surface area contributed by atoms with Crippen LogP contribution >= 0.6 is 23.4 Å². The van der Waals surface area contributed by atoms with Crippen LogP contribution in [0.25, 0.3) is 11.4 Å².